The van der Waals surface area contributed by atoms with E-state index in [-0.39, 0.29) is 68.0 Å². The Labute approximate surface area is 267 Å². The summed E-state index contributed by atoms with van der Waals surface area (Å²) < 4.78 is 5.73. The van der Waals surface area contributed by atoms with E-state index in [9.17, 15) is 24.0 Å². The molecule has 4 aliphatic rings. The smallest absolute Gasteiger partial charge is 0.306 e. The Hall–Kier alpha value is -3.33. The number of allylic oxidation sites excluding steroid dienone is 1. The average molecular weight is 620 g/mol. The summed E-state index contributed by atoms with van der Waals surface area (Å²) in [6.07, 6.45) is 8.07. The summed E-state index contributed by atoms with van der Waals surface area (Å²) in [5.74, 6) is -1.44. The number of carbonyl (C=O) groups excluding carboxylic acids is 5. The fourth-order valence-electron chi connectivity index (χ4n) is 6.97. The van der Waals surface area contributed by atoms with Gasteiger partial charge in [-0.3, -0.25) is 28.9 Å². The molecule has 9 heteroatoms. The first kappa shape index (κ1) is 33.0. The van der Waals surface area contributed by atoms with Gasteiger partial charge in [-0.25, -0.2) is 0 Å². The molecule has 0 radical (unpaired) electrons. The van der Waals surface area contributed by atoms with Crippen LogP contribution in [0.3, 0.4) is 0 Å². The van der Waals surface area contributed by atoms with Gasteiger partial charge in [0.2, 0.25) is 11.8 Å². The molecule has 3 aliphatic carbocycles. The zero-order chi connectivity index (χ0) is 32.4. The van der Waals surface area contributed by atoms with Gasteiger partial charge in [0.15, 0.2) is 11.6 Å². The van der Waals surface area contributed by atoms with Crippen molar-refractivity contribution >= 4 is 29.4 Å². The lowest BCUT2D eigenvalue weighted by atomic mass is 9.77. The summed E-state index contributed by atoms with van der Waals surface area (Å²) in [5, 5.41) is 3.06. The Balaban J connectivity index is 1.35. The van der Waals surface area contributed by atoms with Crippen molar-refractivity contribution in [2.24, 2.45) is 28.6 Å². The monoisotopic (exact) mass is 619 g/mol. The lowest BCUT2D eigenvalue weighted by Crippen LogP contribution is -2.49. The predicted octanol–water partition coefficient (Wildman–Crippen LogP) is 4.56. The third-order valence-corrected chi connectivity index (χ3v) is 10.2. The molecule has 3 saturated carbocycles. The van der Waals surface area contributed by atoms with E-state index in [4.69, 9.17) is 4.74 Å². The van der Waals surface area contributed by atoms with Gasteiger partial charge in [0.25, 0.3) is 0 Å². The summed E-state index contributed by atoms with van der Waals surface area (Å²) in [5.41, 5.74) is -0.879. The van der Waals surface area contributed by atoms with Gasteiger partial charge >= 0.3 is 5.97 Å². The molecule has 1 aliphatic heterocycles. The molecule has 5 rings (SSSR count). The second-order valence-electron chi connectivity index (χ2n) is 14.8. The second-order valence-corrected chi connectivity index (χ2v) is 14.8. The minimum absolute atomic E-state index is 0.000981. The van der Waals surface area contributed by atoms with Gasteiger partial charge in [0, 0.05) is 25.1 Å². The first-order valence-electron chi connectivity index (χ1n) is 16.7. The minimum Gasteiger partial charge on any atom is -0.462 e. The molecule has 2 amide bonds. The number of carbonyl (C=O) groups is 5. The molecule has 0 unspecified atom stereocenters. The van der Waals surface area contributed by atoms with Crippen LogP contribution in [-0.4, -0.2) is 77.6 Å². The van der Waals surface area contributed by atoms with Gasteiger partial charge < -0.3 is 15.0 Å². The first-order valence-corrected chi connectivity index (χ1v) is 16.7. The zero-order valence-electron chi connectivity index (χ0n) is 27.1. The fourth-order valence-corrected chi connectivity index (χ4v) is 6.97. The number of esters is 1. The Morgan fingerprint density at radius 1 is 1.07 bits per heavy atom. The maximum Gasteiger partial charge on any atom is 0.306 e. The van der Waals surface area contributed by atoms with E-state index in [1.165, 1.54) is 0 Å². The molecule has 1 N–H and O–H groups in total. The topological polar surface area (TPSA) is 113 Å². The van der Waals surface area contributed by atoms with Gasteiger partial charge in [-0.15, -0.1) is 6.58 Å². The third kappa shape index (κ3) is 7.91. The average Bonchev–Trinajstić information content (AvgIpc) is 3.86. The molecule has 1 heterocycles. The molecule has 45 heavy (non-hydrogen) atoms. The Morgan fingerprint density at radius 3 is 2.36 bits per heavy atom. The van der Waals surface area contributed by atoms with Crippen LogP contribution in [0.5, 0.6) is 0 Å². The molecule has 0 aromatic heterocycles. The molecular formula is C36H49N3O6. The highest BCUT2D eigenvalue weighted by Gasteiger charge is 2.60. The van der Waals surface area contributed by atoms with Crippen molar-refractivity contribution in [3.63, 3.8) is 0 Å². The highest BCUT2D eigenvalue weighted by atomic mass is 16.5. The minimum atomic E-state index is -0.857. The maximum absolute atomic E-state index is 14.4. The molecular weight excluding hydrogens is 570 g/mol. The molecule has 1 saturated heterocycles. The molecule has 4 atom stereocenters. The molecule has 0 bridgehead atoms. The van der Waals surface area contributed by atoms with Crippen LogP contribution in [0.25, 0.3) is 0 Å². The maximum atomic E-state index is 14.4. The normalized spacial score (nSPS) is 25.9. The SMILES string of the molecule is C=C[C@@H]1C[C@]1(CC(=O)[C@@H]1CN(CC(=O)c2ccccc2)CN1C(=O)[C@@H](CC(=O)OC1CCCC1)C(C)(C)C)C(=O)NCC1CC1. The van der Waals surface area contributed by atoms with Gasteiger partial charge in [-0.05, 0) is 62.2 Å². The first-order chi connectivity index (χ1) is 21.4. The van der Waals surface area contributed by atoms with Crippen LogP contribution in [0.2, 0.25) is 0 Å². The second kappa shape index (κ2) is 13.6. The van der Waals surface area contributed by atoms with Crippen LogP contribution in [0.1, 0.15) is 88.9 Å². The summed E-state index contributed by atoms with van der Waals surface area (Å²) in [6.45, 7) is 10.6. The van der Waals surface area contributed by atoms with Crippen LogP contribution in [-0.2, 0) is 23.9 Å². The van der Waals surface area contributed by atoms with E-state index >= 15 is 0 Å². The number of ether oxygens (including phenoxy) is 1. The van der Waals surface area contributed by atoms with Crippen LogP contribution in [0.15, 0.2) is 43.0 Å². The molecule has 9 nitrogen and oxygen atoms in total. The highest BCUT2D eigenvalue weighted by Crippen LogP contribution is 2.56. The largest absolute Gasteiger partial charge is 0.462 e. The van der Waals surface area contributed by atoms with E-state index in [1.54, 1.807) is 35.2 Å². The van der Waals surface area contributed by atoms with Gasteiger partial charge in [0.05, 0.1) is 31.0 Å². The quantitative estimate of drug-likeness (QED) is 0.185. The molecule has 4 fully saturated rings. The number of hydrogen-bond donors (Lipinski definition) is 1. The van der Waals surface area contributed by atoms with Crippen LogP contribution < -0.4 is 5.32 Å². The lowest BCUT2D eigenvalue weighted by Gasteiger charge is -2.34. The van der Waals surface area contributed by atoms with E-state index in [1.807, 2.05) is 31.7 Å². The summed E-state index contributed by atoms with van der Waals surface area (Å²) in [7, 11) is 0. The number of hydrogen-bond acceptors (Lipinski definition) is 7. The van der Waals surface area contributed by atoms with E-state index in [2.05, 4.69) is 11.9 Å². The molecule has 0 spiro atoms. The number of rotatable bonds is 14. The van der Waals surface area contributed by atoms with Crippen molar-refractivity contribution in [2.75, 3.05) is 26.3 Å². The number of Topliss-reactive ketones (excluding diaryl/α,β-unsaturated/α-hetero) is 2. The zero-order valence-corrected chi connectivity index (χ0v) is 27.1. The van der Waals surface area contributed by atoms with E-state index in [0.717, 1.165) is 38.5 Å². The van der Waals surface area contributed by atoms with Crippen LogP contribution >= 0.6 is 0 Å². The van der Waals surface area contributed by atoms with Crippen LogP contribution in [0, 0.1) is 28.6 Å². The number of benzene rings is 1. The lowest BCUT2D eigenvalue weighted by molar-refractivity contribution is -0.156. The molecule has 1 aromatic rings. The van der Waals surface area contributed by atoms with Crippen molar-refractivity contribution in [3.8, 4) is 0 Å². The molecule has 1 aromatic carbocycles. The summed E-state index contributed by atoms with van der Waals surface area (Å²) in [6, 6.07) is 8.12. The summed E-state index contributed by atoms with van der Waals surface area (Å²) >= 11 is 0. The number of nitrogens with one attached hydrogen (secondary N) is 1. The van der Waals surface area contributed by atoms with Crippen molar-refractivity contribution in [3.05, 3.63) is 48.6 Å². The van der Waals surface area contributed by atoms with Gasteiger partial charge in [-0.2, -0.15) is 0 Å². The van der Waals surface area contributed by atoms with Crippen molar-refractivity contribution < 1.29 is 28.7 Å². The Bertz CT molecular complexity index is 1300. The fraction of sp³-hybridized carbons (Fsp3) is 0.639. The predicted molar refractivity (Wildman–Crippen MR) is 170 cm³/mol. The van der Waals surface area contributed by atoms with Gasteiger partial charge in [0.1, 0.15) is 12.1 Å². The molecule has 244 valence electrons. The highest BCUT2D eigenvalue weighted by molar-refractivity contribution is 5.99. The van der Waals surface area contributed by atoms with Crippen molar-refractivity contribution in [1.82, 2.24) is 15.1 Å². The van der Waals surface area contributed by atoms with Crippen LogP contribution in [0.4, 0.5) is 0 Å². The number of amides is 2. The Morgan fingerprint density at radius 2 is 1.76 bits per heavy atom. The van der Waals surface area contributed by atoms with E-state index in [0.29, 0.717) is 24.4 Å². The van der Waals surface area contributed by atoms with Crippen molar-refractivity contribution in [2.45, 2.75) is 90.7 Å². The summed E-state index contributed by atoms with van der Waals surface area (Å²) in [4.78, 5) is 71.4. The Kier molecular flexibility index (Phi) is 9.97. The van der Waals surface area contributed by atoms with Gasteiger partial charge in [-0.1, -0.05) is 57.2 Å². The number of ketones is 2. The van der Waals surface area contributed by atoms with Crippen molar-refractivity contribution in [1.29, 1.82) is 0 Å². The third-order valence-electron chi connectivity index (χ3n) is 10.2. The standard InChI is InChI=1S/C36H49N3O6/c1-5-26-18-36(26,34(44)37-20-24-15-16-24)19-30(40)29-21-38(22-31(41)25-11-7-6-8-12-25)23-39(29)33(43)28(35(2,3)4)17-32(42)45-27-13-9-10-14-27/h5-8,11-12,24,26-29H,1,9-10,13-23H2,2-4H3,(H,37,44)/t26-,28-,29+,36-/m1/s1. The van der Waals surface area contributed by atoms with E-state index < -0.39 is 28.8 Å². The number of nitrogens with zero attached hydrogens (tertiary/aromatic N) is 2.